The third-order valence-electron chi connectivity index (χ3n) is 2.60. The van der Waals surface area contributed by atoms with Gasteiger partial charge < -0.3 is 10.6 Å². The standard InChI is InChI=1S/C13H17N3S/c1-10-6-11(8-14)7-13(15-10)16(2)9-12-4-3-5-17-12/h3-7H,8-9,14H2,1-2H3. The fourth-order valence-electron chi connectivity index (χ4n) is 1.75. The molecule has 3 nitrogen and oxygen atoms in total. The summed E-state index contributed by atoms with van der Waals surface area (Å²) in [5.41, 5.74) is 7.82. The van der Waals surface area contributed by atoms with Gasteiger partial charge >= 0.3 is 0 Å². The minimum atomic E-state index is 0.559. The Kier molecular flexibility index (Phi) is 3.76. The Morgan fingerprint density at radius 3 is 2.88 bits per heavy atom. The largest absolute Gasteiger partial charge is 0.355 e. The predicted octanol–water partition coefficient (Wildman–Crippen LogP) is 2.55. The fourth-order valence-corrected chi connectivity index (χ4v) is 2.51. The summed E-state index contributed by atoms with van der Waals surface area (Å²) >= 11 is 1.77. The monoisotopic (exact) mass is 247 g/mol. The van der Waals surface area contributed by atoms with Gasteiger partial charge in [-0.2, -0.15) is 0 Å². The van der Waals surface area contributed by atoms with Crippen LogP contribution in [0.5, 0.6) is 0 Å². The van der Waals surface area contributed by atoms with Crippen LogP contribution in [0.1, 0.15) is 16.1 Å². The van der Waals surface area contributed by atoms with Crippen LogP contribution in [0.25, 0.3) is 0 Å². The number of aromatic nitrogens is 1. The van der Waals surface area contributed by atoms with Crippen molar-refractivity contribution in [2.75, 3.05) is 11.9 Å². The third-order valence-corrected chi connectivity index (χ3v) is 3.46. The summed E-state index contributed by atoms with van der Waals surface area (Å²) in [6.45, 7) is 3.45. The Labute approximate surface area is 106 Å². The molecule has 0 aliphatic heterocycles. The predicted molar refractivity (Wildman–Crippen MR) is 73.3 cm³/mol. The Hall–Kier alpha value is -1.39. The maximum atomic E-state index is 5.68. The maximum Gasteiger partial charge on any atom is 0.129 e. The molecule has 2 N–H and O–H groups in total. The molecule has 0 saturated carbocycles. The van der Waals surface area contributed by atoms with Crippen LogP contribution < -0.4 is 10.6 Å². The quantitative estimate of drug-likeness (QED) is 0.903. The van der Waals surface area contributed by atoms with E-state index in [0.717, 1.165) is 23.6 Å². The Morgan fingerprint density at radius 1 is 1.41 bits per heavy atom. The van der Waals surface area contributed by atoms with Crippen LogP contribution >= 0.6 is 11.3 Å². The van der Waals surface area contributed by atoms with Crippen LogP contribution in [0.15, 0.2) is 29.6 Å². The van der Waals surface area contributed by atoms with Gasteiger partial charge in [0.25, 0.3) is 0 Å². The van der Waals surface area contributed by atoms with E-state index < -0.39 is 0 Å². The molecular weight excluding hydrogens is 230 g/mol. The minimum Gasteiger partial charge on any atom is -0.355 e. The summed E-state index contributed by atoms with van der Waals surface area (Å²) in [5.74, 6) is 0.985. The highest BCUT2D eigenvalue weighted by atomic mass is 32.1. The molecule has 0 spiro atoms. The molecule has 2 aromatic heterocycles. The van der Waals surface area contributed by atoms with Crippen molar-refractivity contribution in [3.63, 3.8) is 0 Å². The number of nitrogens with zero attached hydrogens (tertiary/aromatic N) is 2. The summed E-state index contributed by atoms with van der Waals surface area (Å²) in [6.07, 6.45) is 0. The van der Waals surface area contributed by atoms with Crippen molar-refractivity contribution in [2.45, 2.75) is 20.0 Å². The van der Waals surface area contributed by atoms with Crippen LogP contribution in [-0.2, 0) is 13.1 Å². The van der Waals surface area contributed by atoms with Gasteiger partial charge in [0.2, 0.25) is 0 Å². The van der Waals surface area contributed by atoms with Crippen molar-refractivity contribution in [1.29, 1.82) is 0 Å². The smallest absolute Gasteiger partial charge is 0.129 e. The number of pyridine rings is 1. The van der Waals surface area contributed by atoms with Gasteiger partial charge in [-0.05, 0) is 36.1 Å². The summed E-state index contributed by atoms with van der Waals surface area (Å²) in [5, 5.41) is 2.10. The molecule has 17 heavy (non-hydrogen) atoms. The van der Waals surface area contributed by atoms with E-state index >= 15 is 0 Å². The summed E-state index contributed by atoms with van der Waals surface area (Å²) in [6, 6.07) is 8.30. The highest BCUT2D eigenvalue weighted by Gasteiger charge is 2.06. The highest BCUT2D eigenvalue weighted by Crippen LogP contribution is 2.18. The molecule has 90 valence electrons. The zero-order chi connectivity index (χ0) is 12.3. The molecule has 0 bridgehead atoms. The normalized spacial score (nSPS) is 10.5. The van der Waals surface area contributed by atoms with Gasteiger partial charge in [0.15, 0.2) is 0 Å². The van der Waals surface area contributed by atoms with E-state index in [1.807, 2.05) is 13.0 Å². The Morgan fingerprint density at radius 2 is 2.24 bits per heavy atom. The van der Waals surface area contributed by atoms with Gasteiger partial charge in [-0.25, -0.2) is 4.98 Å². The van der Waals surface area contributed by atoms with Crippen molar-refractivity contribution in [2.24, 2.45) is 5.73 Å². The SMILES string of the molecule is Cc1cc(CN)cc(N(C)Cc2cccs2)n1. The molecule has 0 unspecified atom stereocenters. The first-order valence-electron chi connectivity index (χ1n) is 5.60. The molecule has 2 rings (SSSR count). The van der Waals surface area contributed by atoms with Crippen molar-refractivity contribution in [3.05, 3.63) is 45.8 Å². The number of nitrogens with two attached hydrogens (primary N) is 1. The van der Waals surface area contributed by atoms with Crippen LogP contribution in [0, 0.1) is 6.92 Å². The van der Waals surface area contributed by atoms with Crippen molar-refractivity contribution in [1.82, 2.24) is 4.98 Å². The molecule has 0 amide bonds. The van der Waals surface area contributed by atoms with E-state index in [2.05, 4.69) is 40.5 Å². The summed E-state index contributed by atoms with van der Waals surface area (Å²) < 4.78 is 0. The average molecular weight is 247 g/mol. The van der Waals surface area contributed by atoms with E-state index in [4.69, 9.17) is 5.73 Å². The van der Waals surface area contributed by atoms with Crippen LogP contribution in [-0.4, -0.2) is 12.0 Å². The lowest BCUT2D eigenvalue weighted by atomic mass is 10.2. The van der Waals surface area contributed by atoms with Gasteiger partial charge in [-0.15, -0.1) is 11.3 Å². The molecule has 0 fully saturated rings. The second-order valence-electron chi connectivity index (χ2n) is 4.11. The first-order valence-corrected chi connectivity index (χ1v) is 6.48. The summed E-state index contributed by atoms with van der Waals surface area (Å²) in [7, 11) is 2.06. The Bertz CT molecular complexity index is 479. The third kappa shape index (κ3) is 3.05. The lowest BCUT2D eigenvalue weighted by Crippen LogP contribution is -2.17. The maximum absolute atomic E-state index is 5.68. The molecule has 0 atom stereocenters. The number of aryl methyl sites for hydroxylation is 1. The van der Waals surface area contributed by atoms with E-state index in [9.17, 15) is 0 Å². The first-order chi connectivity index (χ1) is 8.19. The van der Waals surface area contributed by atoms with Crippen LogP contribution in [0.3, 0.4) is 0 Å². The van der Waals surface area contributed by atoms with Crippen molar-refractivity contribution in [3.8, 4) is 0 Å². The highest BCUT2D eigenvalue weighted by molar-refractivity contribution is 7.09. The zero-order valence-corrected chi connectivity index (χ0v) is 11.0. The Balaban J connectivity index is 2.18. The lowest BCUT2D eigenvalue weighted by molar-refractivity contribution is 0.898. The number of hydrogen-bond acceptors (Lipinski definition) is 4. The van der Waals surface area contributed by atoms with E-state index in [1.165, 1.54) is 4.88 Å². The number of rotatable bonds is 4. The molecule has 2 heterocycles. The topological polar surface area (TPSA) is 42.1 Å². The van der Waals surface area contributed by atoms with Crippen LogP contribution in [0.2, 0.25) is 0 Å². The molecule has 0 saturated heterocycles. The molecular formula is C13H17N3S. The van der Waals surface area contributed by atoms with Crippen molar-refractivity contribution >= 4 is 17.2 Å². The molecule has 0 aliphatic rings. The molecule has 0 radical (unpaired) electrons. The minimum absolute atomic E-state index is 0.559. The number of hydrogen-bond donors (Lipinski definition) is 1. The average Bonchev–Trinajstić information content (AvgIpc) is 2.81. The van der Waals surface area contributed by atoms with Gasteiger partial charge in [0, 0.05) is 24.2 Å². The zero-order valence-electron chi connectivity index (χ0n) is 10.2. The van der Waals surface area contributed by atoms with Gasteiger partial charge in [-0.3, -0.25) is 0 Å². The first kappa shape index (κ1) is 12.1. The summed E-state index contributed by atoms with van der Waals surface area (Å²) in [4.78, 5) is 8.03. The van der Waals surface area contributed by atoms with E-state index in [1.54, 1.807) is 11.3 Å². The van der Waals surface area contributed by atoms with E-state index in [0.29, 0.717) is 6.54 Å². The van der Waals surface area contributed by atoms with Crippen LogP contribution in [0.4, 0.5) is 5.82 Å². The number of thiophene rings is 1. The van der Waals surface area contributed by atoms with Gasteiger partial charge in [0.05, 0.1) is 6.54 Å². The van der Waals surface area contributed by atoms with Crippen molar-refractivity contribution < 1.29 is 0 Å². The number of anilines is 1. The second-order valence-corrected chi connectivity index (χ2v) is 5.15. The molecule has 0 aliphatic carbocycles. The van der Waals surface area contributed by atoms with E-state index in [-0.39, 0.29) is 0 Å². The van der Waals surface area contributed by atoms with Gasteiger partial charge in [-0.1, -0.05) is 6.07 Å². The van der Waals surface area contributed by atoms with Gasteiger partial charge in [0.1, 0.15) is 5.82 Å². The molecule has 2 aromatic rings. The lowest BCUT2D eigenvalue weighted by Gasteiger charge is -2.18. The fraction of sp³-hybridized carbons (Fsp3) is 0.308. The molecule has 0 aromatic carbocycles. The second kappa shape index (κ2) is 5.29. The molecule has 4 heteroatoms.